The SMILES string of the molecule is C1=CNC=c2ncccc2=C1. The van der Waals surface area contributed by atoms with Crippen LogP contribution in [0.2, 0.25) is 0 Å². The quantitative estimate of drug-likeness (QED) is 0.541. The van der Waals surface area contributed by atoms with Crippen molar-refractivity contribution in [3.8, 4) is 0 Å². The van der Waals surface area contributed by atoms with Gasteiger partial charge in [0.2, 0.25) is 0 Å². The van der Waals surface area contributed by atoms with Gasteiger partial charge < -0.3 is 5.32 Å². The Bertz CT molecular complexity index is 390. The Kier molecular flexibility index (Phi) is 1.44. The monoisotopic (exact) mass is 144 g/mol. The highest BCUT2D eigenvalue weighted by Crippen LogP contribution is 1.75. The zero-order valence-electron chi connectivity index (χ0n) is 5.99. The Hall–Kier alpha value is -1.57. The molecule has 0 atom stereocenters. The summed E-state index contributed by atoms with van der Waals surface area (Å²) in [5.41, 5.74) is 0. The second kappa shape index (κ2) is 2.58. The summed E-state index contributed by atoms with van der Waals surface area (Å²) in [5.74, 6) is 0. The predicted octanol–water partition coefficient (Wildman–Crippen LogP) is -0.283. The zero-order valence-corrected chi connectivity index (χ0v) is 5.99. The molecule has 0 spiro atoms. The van der Waals surface area contributed by atoms with Gasteiger partial charge in [0, 0.05) is 23.8 Å². The molecule has 0 fully saturated rings. The van der Waals surface area contributed by atoms with Crippen LogP contribution in [0, 0.1) is 0 Å². The number of hydrogen-bond donors (Lipinski definition) is 1. The minimum atomic E-state index is 0.984. The van der Waals surface area contributed by atoms with Crippen LogP contribution in [0.15, 0.2) is 30.6 Å². The van der Waals surface area contributed by atoms with Crippen LogP contribution in [0.5, 0.6) is 0 Å². The fourth-order valence-electron chi connectivity index (χ4n) is 1.03. The number of fused-ring (bicyclic) bond motifs is 1. The highest BCUT2D eigenvalue weighted by molar-refractivity contribution is 5.40. The maximum absolute atomic E-state index is 4.19. The molecule has 1 N–H and O–H groups in total. The molecule has 1 aromatic rings. The molecule has 0 saturated carbocycles. The lowest BCUT2D eigenvalue weighted by Gasteiger charge is -1.86. The van der Waals surface area contributed by atoms with E-state index in [1.807, 2.05) is 36.7 Å². The van der Waals surface area contributed by atoms with Crippen LogP contribution in [0.3, 0.4) is 0 Å². The molecular weight excluding hydrogens is 136 g/mol. The number of nitrogens with zero attached hydrogens (tertiary/aromatic N) is 1. The molecule has 0 unspecified atom stereocenters. The number of hydrogen-bond acceptors (Lipinski definition) is 2. The molecule has 0 amide bonds. The Morgan fingerprint density at radius 2 is 2.36 bits per heavy atom. The Balaban J connectivity index is 2.81. The summed E-state index contributed by atoms with van der Waals surface area (Å²) in [7, 11) is 0. The molecule has 2 nitrogen and oxygen atoms in total. The van der Waals surface area contributed by atoms with Gasteiger partial charge in [0.1, 0.15) is 0 Å². The number of rotatable bonds is 0. The summed E-state index contributed by atoms with van der Waals surface area (Å²) >= 11 is 0. The molecule has 1 aromatic heterocycles. The van der Waals surface area contributed by atoms with Crippen LogP contribution in [0.4, 0.5) is 0 Å². The summed E-state index contributed by atoms with van der Waals surface area (Å²) in [6, 6.07) is 3.97. The van der Waals surface area contributed by atoms with E-state index in [0.717, 1.165) is 10.6 Å². The van der Waals surface area contributed by atoms with Gasteiger partial charge in [0.15, 0.2) is 0 Å². The standard InChI is InChI=1S/C9H8N2/c1-3-8-4-2-6-11-9(8)7-10-5-1/h1-7,10H. The second-order valence-corrected chi connectivity index (χ2v) is 2.31. The van der Waals surface area contributed by atoms with Gasteiger partial charge in [0.05, 0.1) is 5.35 Å². The van der Waals surface area contributed by atoms with Gasteiger partial charge >= 0.3 is 0 Å². The van der Waals surface area contributed by atoms with E-state index in [4.69, 9.17) is 0 Å². The second-order valence-electron chi connectivity index (χ2n) is 2.31. The first-order chi connectivity index (χ1) is 5.47. The molecule has 0 saturated heterocycles. The van der Waals surface area contributed by atoms with Crippen LogP contribution >= 0.6 is 0 Å². The maximum Gasteiger partial charge on any atom is 0.0861 e. The van der Waals surface area contributed by atoms with Crippen LogP contribution in [-0.4, -0.2) is 4.98 Å². The summed E-state index contributed by atoms with van der Waals surface area (Å²) < 4.78 is 0. The van der Waals surface area contributed by atoms with Crippen molar-refractivity contribution < 1.29 is 0 Å². The fraction of sp³-hybridized carbons (Fsp3) is 0. The van der Waals surface area contributed by atoms with E-state index in [-0.39, 0.29) is 0 Å². The van der Waals surface area contributed by atoms with E-state index in [1.165, 1.54) is 0 Å². The first kappa shape index (κ1) is 6.16. The Labute approximate surface area is 64.6 Å². The van der Waals surface area contributed by atoms with Gasteiger partial charge in [-0.1, -0.05) is 12.1 Å². The van der Waals surface area contributed by atoms with Gasteiger partial charge in [0.25, 0.3) is 0 Å². The minimum Gasteiger partial charge on any atom is -0.366 e. The largest absolute Gasteiger partial charge is 0.366 e. The molecule has 0 bridgehead atoms. The van der Waals surface area contributed by atoms with Crippen molar-refractivity contribution in [1.82, 2.24) is 10.3 Å². The normalized spacial score (nSPS) is 13.5. The molecule has 0 aliphatic carbocycles. The van der Waals surface area contributed by atoms with Crippen LogP contribution < -0.4 is 15.9 Å². The molecule has 0 aromatic carbocycles. The topological polar surface area (TPSA) is 24.9 Å². The van der Waals surface area contributed by atoms with E-state index in [0.29, 0.717) is 0 Å². The summed E-state index contributed by atoms with van der Waals surface area (Å²) in [6.07, 6.45) is 9.54. The van der Waals surface area contributed by atoms with Crippen molar-refractivity contribution in [3.05, 3.63) is 41.2 Å². The lowest BCUT2D eigenvalue weighted by Crippen LogP contribution is -2.27. The van der Waals surface area contributed by atoms with E-state index < -0.39 is 0 Å². The van der Waals surface area contributed by atoms with E-state index >= 15 is 0 Å². The molecule has 11 heavy (non-hydrogen) atoms. The van der Waals surface area contributed by atoms with E-state index in [2.05, 4.69) is 10.3 Å². The molecule has 0 radical (unpaired) electrons. The molecular formula is C9H8N2. The average molecular weight is 144 g/mol. The van der Waals surface area contributed by atoms with Crippen molar-refractivity contribution in [2.45, 2.75) is 0 Å². The predicted molar refractivity (Wildman–Crippen MR) is 44.7 cm³/mol. The van der Waals surface area contributed by atoms with Crippen LogP contribution in [0.25, 0.3) is 12.3 Å². The smallest absolute Gasteiger partial charge is 0.0861 e. The lowest BCUT2D eigenvalue weighted by molar-refractivity contribution is 1.18. The number of pyridine rings is 1. The van der Waals surface area contributed by atoms with E-state index in [1.54, 1.807) is 6.20 Å². The summed E-state index contributed by atoms with van der Waals surface area (Å²) in [5, 5.41) is 5.13. The number of allylic oxidation sites excluding steroid dienone is 1. The third-order valence-electron chi connectivity index (χ3n) is 1.56. The van der Waals surface area contributed by atoms with Crippen molar-refractivity contribution in [3.63, 3.8) is 0 Å². The van der Waals surface area contributed by atoms with Crippen molar-refractivity contribution in [2.75, 3.05) is 0 Å². The van der Waals surface area contributed by atoms with Crippen molar-refractivity contribution in [1.29, 1.82) is 0 Å². The molecule has 1 aliphatic rings. The highest BCUT2D eigenvalue weighted by Gasteiger charge is 1.84. The fourth-order valence-corrected chi connectivity index (χ4v) is 1.03. The van der Waals surface area contributed by atoms with Crippen LogP contribution in [-0.2, 0) is 0 Å². The van der Waals surface area contributed by atoms with Gasteiger partial charge in [-0.2, -0.15) is 0 Å². The first-order valence-corrected chi connectivity index (χ1v) is 3.51. The summed E-state index contributed by atoms with van der Waals surface area (Å²) in [6.45, 7) is 0. The average Bonchev–Trinajstić information content (AvgIpc) is 2.28. The first-order valence-electron chi connectivity index (χ1n) is 3.51. The van der Waals surface area contributed by atoms with Gasteiger partial charge in [-0.25, -0.2) is 0 Å². The highest BCUT2D eigenvalue weighted by atomic mass is 14.8. The third-order valence-corrected chi connectivity index (χ3v) is 1.56. The number of nitrogens with one attached hydrogen (secondary N) is 1. The van der Waals surface area contributed by atoms with Crippen molar-refractivity contribution >= 4 is 12.3 Å². The minimum absolute atomic E-state index is 0.984. The molecule has 1 aliphatic heterocycles. The maximum atomic E-state index is 4.19. The lowest BCUT2D eigenvalue weighted by atomic mass is 10.3. The molecule has 2 heterocycles. The molecule has 2 heteroatoms. The summed E-state index contributed by atoms with van der Waals surface area (Å²) in [4.78, 5) is 4.19. The third kappa shape index (κ3) is 1.15. The molecule has 54 valence electrons. The van der Waals surface area contributed by atoms with E-state index in [9.17, 15) is 0 Å². The zero-order chi connectivity index (χ0) is 7.52. The van der Waals surface area contributed by atoms with Crippen LogP contribution in [0.1, 0.15) is 0 Å². The van der Waals surface area contributed by atoms with Gasteiger partial charge in [-0.15, -0.1) is 0 Å². The Morgan fingerprint density at radius 1 is 1.36 bits per heavy atom. The Morgan fingerprint density at radius 3 is 3.36 bits per heavy atom. The van der Waals surface area contributed by atoms with Gasteiger partial charge in [-0.05, 0) is 12.1 Å². The van der Waals surface area contributed by atoms with Gasteiger partial charge in [-0.3, -0.25) is 4.98 Å². The number of aromatic nitrogens is 1. The van der Waals surface area contributed by atoms with Crippen molar-refractivity contribution in [2.24, 2.45) is 0 Å². The molecule has 2 rings (SSSR count).